The monoisotopic (exact) mass is 216 g/mol. The Bertz CT molecular complexity index is 464. The first-order valence-electron chi connectivity index (χ1n) is 5.25. The van der Waals surface area contributed by atoms with Gasteiger partial charge in [-0.3, -0.25) is 0 Å². The zero-order chi connectivity index (χ0) is 10.8. The van der Waals surface area contributed by atoms with Crippen molar-refractivity contribution in [3.05, 3.63) is 36.9 Å². The number of nitrogens with one attached hydrogen (secondary N) is 1. The third kappa shape index (κ3) is 1.79. The van der Waals surface area contributed by atoms with E-state index in [0.717, 1.165) is 30.2 Å². The Labute approximate surface area is 93.3 Å². The third-order valence-corrected chi connectivity index (χ3v) is 2.59. The molecule has 1 aliphatic heterocycles. The van der Waals surface area contributed by atoms with Crippen LogP contribution < -0.4 is 5.32 Å². The van der Waals surface area contributed by atoms with Crippen LogP contribution >= 0.6 is 0 Å². The van der Waals surface area contributed by atoms with Crippen LogP contribution in [0, 0.1) is 0 Å². The van der Waals surface area contributed by atoms with Gasteiger partial charge in [0.2, 0.25) is 0 Å². The highest BCUT2D eigenvalue weighted by molar-refractivity contribution is 5.63. The van der Waals surface area contributed by atoms with E-state index in [1.165, 1.54) is 6.39 Å². The van der Waals surface area contributed by atoms with Crippen LogP contribution in [-0.4, -0.2) is 24.2 Å². The van der Waals surface area contributed by atoms with Gasteiger partial charge < -0.3 is 14.5 Å². The molecule has 16 heavy (non-hydrogen) atoms. The highest BCUT2D eigenvalue weighted by Gasteiger charge is 2.17. The minimum Gasteiger partial charge on any atom is -0.444 e. The van der Waals surface area contributed by atoms with Crippen LogP contribution in [-0.2, 0) is 4.74 Å². The molecular formula is C12H12N2O2. The standard InChI is InChI=1S/C12H12N2O2/c1-2-9(12-5-13-8-16-12)4-10(3-1)14-11-6-15-7-11/h1-5,8,11,14H,6-7H2. The van der Waals surface area contributed by atoms with E-state index in [-0.39, 0.29) is 0 Å². The quantitative estimate of drug-likeness (QED) is 0.854. The Kier molecular flexibility index (Phi) is 2.34. The summed E-state index contributed by atoms with van der Waals surface area (Å²) in [6.07, 6.45) is 3.15. The van der Waals surface area contributed by atoms with Crippen LogP contribution in [0.4, 0.5) is 5.69 Å². The van der Waals surface area contributed by atoms with Gasteiger partial charge in [0.25, 0.3) is 0 Å². The summed E-state index contributed by atoms with van der Waals surface area (Å²) in [7, 11) is 0. The molecule has 0 bridgehead atoms. The molecule has 2 aromatic rings. The minimum absolute atomic E-state index is 0.435. The molecule has 1 aromatic heterocycles. The zero-order valence-corrected chi connectivity index (χ0v) is 8.72. The van der Waals surface area contributed by atoms with Gasteiger partial charge in [-0.2, -0.15) is 0 Å². The molecule has 1 aliphatic rings. The maximum atomic E-state index is 5.26. The summed E-state index contributed by atoms with van der Waals surface area (Å²) in [4.78, 5) is 3.91. The predicted molar refractivity (Wildman–Crippen MR) is 60.2 cm³/mol. The Morgan fingerprint density at radius 1 is 1.31 bits per heavy atom. The van der Waals surface area contributed by atoms with Gasteiger partial charge >= 0.3 is 0 Å². The van der Waals surface area contributed by atoms with E-state index in [1.807, 2.05) is 18.2 Å². The van der Waals surface area contributed by atoms with Crippen LogP contribution in [0.2, 0.25) is 0 Å². The Balaban J connectivity index is 1.82. The van der Waals surface area contributed by atoms with Crippen molar-refractivity contribution in [2.24, 2.45) is 0 Å². The number of oxazole rings is 1. The van der Waals surface area contributed by atoms with Crippen LogP contribution in [0.25, 0.3) is 11.3 Å². The SMILES string of the molecule is c1cc(NC2COC2)cc(-c2cnco2)c1. The molecule has 1 N–H and O–H groups in total. The fraction of sp³-hybridized carbons (Fsp3) is 0.250. The molecule has 82 valence electrons. The number of benzene rings is 1. The predicted octanol–water partition coefficient (Wildman–Crippen LogP) is 2.15. The van der Waals surface area contributed by atoms with Gasteiger partial charge in [-0.15, -0.1) is 0 Å². The van der Waals surface area contributed by atoms with Crippen LogP contribution in [0.3, 0.4) is 0 Å². The van der Waals surface area contributed by atoms with Gasteiger partial charge in [-0.05, 0) is 12.1 Å². The number of hydrogen-bond acceptors (Lipinski definition) is 4. The van der Waals surface area contributed by atoms with E-state index in [2.05, 4.69) is 16.4 Å². The Morgan fingerprint density at radius 3 is 2.94 bits per heavy atom. The first-order chi connectivity index (χ1) is 7.92. The number of nitrogens with zero attached hydrogens (tertiary/aromatic N) is 1. The molecule has 4 nitrogen and oxygen atoms in total. The molecule has 0 unspecified atom stereocenters. The normalized spacial score (nSPS) is 15.8. The van der Waals surface area contributed by atoms with Crippen molar-refractivity contribution in [3.8, 4) is 11.3 Å². The second-order valence-electron chi connectivity index (χ2n) is 3.83. The fourth-order valence-electron chi connectivity index (χ4n) is 1.68. The molecule has 0 saturated carbocycles. The minimum atomic E-state index is 0.435. The highest BCUT2D eigenvalue weighted by Crippen LogP contribution is 2.23. The van der Waals surface area contributed by atoms with Gasteiger partial charge in [-0.1, -0.05) is 12.1 Å². The molecule has 3 rings (SSSR count). The van der Waals surface area contributed by atoms with Crippen molar-refractivity contribution < 1.29 is 9.15 Å². The third-order valence-electron chi connectivity index (χ3n) is 2.59. The van der Waals surface area contributed by atoms with Crippen molar-refractivity contribution >= 4 is 5.69 Å². The summed E-state index contributed by atoms with van der Waals surface area (Å²) >= 11 is 0. The summed E-state index contributed by atoms with van der Waals surface area (Å²) in [6.45, 7) is 1.57. The first-order valence-corrected chi connectivity index (χ1v) is 5.25. The summed E-state index contributed by atoms with van der Waals surface area (Å²) in [5.74, 6) is 0.786. The number of anilines is 1. The van der Waals surface area contributed by atoms with Gasteiger partial charge in [0, 0.05) is 11.3 Å². The lowest BCUT2D eigenvalue weighted by Crippen LogP contribution is -2.40. The van der Waals surface area contributed by atoms with E-state index in [9.17, 15) is 0 Å². The summed E-state index contributed by atoms with van der Waals surface area (Å²) in [6, 6.07) is 8.53. The first kappa shape index (κ1) is 9.42. The van der Waals surface area contributed by atoms with Crippen LogP contribution in [0.15, 0.2) is 41.3 Å². The van der Waals surface area contributed by atoms with Crippen molar-refractivity contribution in [1.29, 1.82) is 0 Å². The summed E-state index contributed by atoms with van der Waals surface area (Å²) in [5, 5.41) is 3.39. The van der Waals surface area contributed by atoms with Gasteiger partial charge in [-0.25, -0.2) is 4.98 Å². The lowest BCUT2D eigenvalue weighted by Gasteiger charge is -2.27. The molecule has 1 fully saturated rings. The number of hydrogen-bond donors (Lipinski definition) is 1. The van der Waals surface area contributed by atoms with Crippen molar-refractivity contribution in [2.75, 3.05) is 18.5 Å². The van der Waals surface area contributed by atoms with Crippen molar-refractivity contribution in [1.82, 2.24) is 4.98 Å². The van der Waals surface area contributed by atoms with E-state index in [1.54, 1.807) is 6.20 Å². The smallest absolute Gasteiger partial charge is 0.181 e. The molecule has 0 aliphatic carbocycles. The van der Waals surface area contributed by atoms with E-state index < -0.39 is 0 Å². The molecule has 0 amide bonds. The summed E-state index contributed by atoms with van der Waals surface area (Å²) < 4.78 is 10.4. The van der Waals surface area contributed by atoms with Crippen LogP contribution in [0.5, 0.6) is 0 Å². The lowest BCUT2D eigenvalue weighted by molar-refractivity contribution is 0.0211. The fourth-order valence-corrected chi connectivity index (χ4v) is 1.68. The topological polar surface area (TPSA) is 47.3 Å². The van der Waals surface area contributed by atoms with Crippen LogP contribution in [0.1, 0.15) is 0 Å². The van der Waals surface area contributed by atoms with E-state index in [4.69, 9.17) is 9.15 Å². The number of ether oxygens (including phenoxy) is 1. The van der Waals surface area contributed by atoms with Crippen molar-refractivity contribution in [2.45, 2.75) is 6.04 Å². The van der Waals surface area contributed by atoms with Gasteiger partial charge in [0.05, 0.1) is 25.5 Å². The number of aromatic nitrogens is 1. The average Bonchev–Trinajstić information content (AvgIpc) is 2.77. The van der Waals surface area contributed by atoms with E-state index in [0.29, 0.717) is 6.04 Å². The molecule has 0 radical (unpaired) electrons. The molecule has 0 spiro atoms. The molecular weight excluding hydrogens is 204 g/mol. The summed E-state index contributed by atoms with van der Waals surface area (Å²) in [5.41, 5.74) is 2.12. The van der Waals surface area contributed by atoms with Gasteiger partial charge in [0.1, 0.15) is 0 Å². The lowest BCUT2D eigenvalue weighted by atomic mass is 10.1. The maximum absolute atomic E-state index is 5.26. The van der Waals surface area contributed by atoms with Crippen molar-refractivity contribution in [3.63, 3.8) is 0 Å². The molecule has 4 heteroatoms. The number of rotatable bonds is 3. The molecule has 0 atom stereocenters. The Hall–Kier alpha value is -1.81. The average molecular weight is 216 g/mol. The zero-order valence-electron chi connectivity index (χ0n) is 8.72. The molecule has 1 aromatic carbocycles. The Morgan fingerprint density at radius 2 is 2.25 bits per heavy atom. The second-order valence-corrected chi connectivity index (χ2v) is 3.83. The van der Waals surface area contributed by atoms with E-state index >= 15 is 0 Å². The molecule has 1 saturated heterocycles. The van der Waals surface area contributed by atoms with Gasteiger partial charge in [0.15, 0.2) is 12.2 Å². The second kappa shape index (κ2) is 3.98. The maximum Gasteiger partial charge on any atom is 0.181 e. The largest absolute Gasteiger partial charge is 0.444 e. The highest BCUT2D eigenvalue weighted by atomic mass is 16.5. The molecule has 2 heterocycles.